The molecule has 0 unspecified atom stereocenters. The molecule has 0 aliphatic carbocycles. The van der Waals surface area contributed by atoms with Gasteiger partial charge in [-0.2, -0.15) is 0 Å². The van der Waals surface area contributed by atoms with Gasteiger partial charge in [-0.05, 0) is 24.6 Å². The largest absolute Gasteiger partial charge is 0.332 e. The van der Waals surface area contributed by atoms with E-state index in [9.17, 15) is 9.59 Å². The van der Waals surface area contributed by atoms with Gasteiger partial charge in [0.15, 0.2) is 0 Å². The second-order valence-corrected chi connectivity index (χ2v) is 6.37. The molecule has 1 saturated heterocycles. The van der Waals surface area contributed by atoms with Gasteiger partial charge in [0.2, 0.25) is 0 Å². The Kier molecular flexibility index (Phi) is 5.46. The molecule has 0 radical (unpaired) electrons. The van der Waals surface area contributed by atoms with Gasteiger partial charge in [0.1, 0.15) is 0 Å². The van der Waals surface area contributed by atoms with E-state index in [1.165, 1.54) is 5.56 Å². The van der Waals surface area contributed by atoms with Crippen molar-refractivity contribution in [3.05, 3.63) is 65.7 Å². The third-order valence-electron chi connectivity index (χ3n) is 4.41. The van der Waals surface area contributed by atoms with Crippen LogP contribution in [0.2, 0.25) is 0 Å². The number of nitrogens with one attached hydrogen (secondary N) is 1. The summed E-state index contributed by atoms with van der Waals surface area (Å²) < 4.78 is 0. The molecule has 5 nitrogen and oxygen atoms in total. The quantitative estimate of drug-likeness (QED) is 0.874. The van der Waals surface area contributed by atoms with Gasteiger partial charge < -0.3 is 10.2 Å². The van der Waals surface area contributed by atoms with E-state index >= 15 is 0 Å². The molecule has 1 heterocycles. The molecule has 0 bridgehead atoms. The number of amides is 2. The molecule has 130 valence electrons. The van der Waals surface area contributed by atoms with Gasteiger partial charge in [-0.3, -0.25) is 14.5 Å². The fraction of sp³-hybridized carbons (Fsp3) is 0.300. The lowest BCUT2D eigenvalue weighted by molar-refractivity contribution is -0.144. The highest BCUT2D eigenvalue weighted by molar-refractivity contribution is 6.39. The molecule has 2 aromatic carbocycles. The molecule has 2 amide bonds. The number of rotatable bonds is 3. The monoisotopic (exact) mass is 337 g/mol. The van der Waals surface area contributed by atoms with E-state index in [2.05, 4.69) is 22.3 Å². The molecule has 1 N–H and O–H groups in total. The van der Waals surface area contributed by atoms with Crippen molar-refractivity contribution in [1.29, 1.82) is 0 Å². The Bertz CT molecular complexity index is 720. The molecule has 0 atom stereocenters. The molecular weight excluding hydrogens is 314 g/mol. The van der Waals surface area contributed by atoms with Crippen LogP contribution in [-0.2, 0) is 16.1 Å². The Morgan fingerprint density at radius 1 is 0.920 bits per heavy atom. The Morgan fingerprint density at radius 2 is 1.56 bits per heavy atom. The molecule has 1 fully saturated rings. The Morgan fingerprint density at radius 3 is 2.20 bits per heavy atom. The number of carbonyl (C=O) groups is 2. The van der Waals surface area contributed by atoms with Crippen LogP contribution < -0.4 is 5.32 Å². The second-order valence-electron chi connectivity index (χ2n) is 6.37. The van der Waals surface area contributed by atoms with Crippen LogP contribution in [-0.4, -0.2) is 47.8 Å². The summed E-state index contributed by atoms with van der Waals surface area (Å²) in [6.07, 6.45) is 0. The first-order valence-electron chi connectivity index (χ1n) is 8.55. The number of hydrogen-bond acceptors (Lipinski definition) is 3. The van der Waals surface area contributed by atoms with Gasteiger partial charge in [-0.25, -0.2) is 0 Å². The Labute approximate surface area is 148 Å². The third-order valence-corrected chi connectivity index (χ3v) is 4.41. The molecule has 0 spiro atoms. The van der Waals surface area contributed by atoms with E-state index in [1.54, 1.807) is 17.0 Å². The van der Waals surface area contributed by atoms with E-state index in [-0.39, 0.29) is 0 Å². The van der Waals surface area contributed by atoms with E-state index < -0.39 is 11.8 Å². The van der Waals surface area contributed by atoms with Crippen LogP contribution in [0.3, 0.4) is 0 Å². The van der Waals surface area contributed by atoms with Gasteiger partial charge in [0.05, 0.1) is 0 Å². The number of benzene rings is 2. The van der Waals surface area contributed by atoms with Crippen molar-refractivity contribution in [3.63, 3.8) is 0 Å². The van der Waals surface area contributed by atoms with Crippen molar-refractivity contribution < 1.29 is 9.59 Å². The van der Waals surface area contributed by atoms with Crippen molar-refractivity contribution in [2.45, 2.75) is 13.5 Å². The highest BCUT2D eigenvalue weighted by Gasteiger charge is 2.26. The third kappa shape index (κ3) is 4.67. The van der Waals surface area contributed by atoms with E-state index in [0.717, 1.165) is 25.2 Å². The minimum absolute atomic E-state index is 0.458. The van der Waals surface area contributed by atoms with Crippen LogP contribution >= 0.6 is 0 Å². The van der Waals surface area contributed by atoms with Gasteiger partial charge in [0, 0.05) is 38.4 Å². The lowest BCUT2D eigenvalue weighted by Gasteiger charge is -2.34. The number of piperazine rings is 1. The molecule has 1 aliphatic heterocycles. The summed E-state index contributed by atoms with van der Waals surface area (Å²) in [5, 5.41) is 2.67. The van der Waals surface area contributed by atoms with Crippen molar-refractivity contribution in [1.82, 2.24) is 9.80 Å². The number of anilines is 1. The highest BCUT2D eigenvalue weighted by atomic mass is 16.2. The molecule has 2 aromatic rings. The molecule has 0 aromatic heterocycles. The minimum atomic E-state index is -0.569. The summed E-state index contributed by atoms with van der Waals surface area (Å²) in [6.45, 7) is 5.56. The predicted octanol–water partition coefficient (Wildman–Crippen LogP) is 2.28. The topological polar surface area (TPSA) is 52.7 Å². The summed E-state index contributed by atoms with van der Waals surface area (Å²) in [4.78, 5) is 28.4. The molecular formula is C20H23N3O2. The maximum absolute atomic E-state index is 12.3. The fourth-order valence-corrected chi connectivity index (χ4v) is 2.92. The number of nitrogens with zero attached hydrogens (tertiary/aromatic N) is 2. The highest BCUT2D eigenvalue weighted by Crippen LogP contribution is 2.11. The Hall–Kier alpha value is -2.66. The van der Waals surface area contributed by atoms with Crippen molar-refractivity contribution in [3.8, 4) is 0 Å². The zero-order chi connectivity index (χ0) is 17.6. The normalized spacial score (nSPS) is 15.0. The predicted molar refractivity (Wildman–Crippen MR) is 98.1 cm³/mol. The number of hydrogen-bond donors (Lipinski definition) is 1. The van der Waals surface area contributed by atoms with Crippen molar-refractivity contribution in [2.75, 3.05) is 31.5 Å². The lowest BCUT2D eigenvalue weighted by Crippen LogP contribution is -2.51. The average molecular weight is 337 g/mol. The van der Waals surface area contributed by atoms with Gasteiger partial charge in [-0.1, -0.05) is 48.0 Å². The van der Waals surface area contributed by atoms with Crippen LogP contribution in [0.15, 0.2) is 54.6 Å². The second kappa shape index (κ2) is 7.94. The van der Waals surface area contributed by atoms with E-state index in [0.29, 0.717) is 18.8 Å². The maximum atomic E-state index is 12.3. The van der Waals surface area contributed by atoms with Crippen LogP contribution in [0, 0.1) is 6.92 Å². The number of aryl methyl sites for hydroxylation is 1. The van der Waals surface area contributed by atoms with Crippen LogP contribution in [0.4, 0.5) is 5.69 Å². The SMILES string of the molecule is Cc1ccc(NC(=O)C(=O)N2CCN(Cc3ccccc3)CC2)cc1. The maximum Gasteiger partial charge on any atom is 0.313 e. The standard InChI is InChI=1S/C20H23N3O2/c1-16-7-9-18(10-8-16)21-19(24)20(25)23-13-11-22(12-14-23)15-17-5-3-2-4-6-17/h2-10H,11-15H2,1H3,(H,21,24). The molecule has 0 saturated carbocycles. The van der Waals surface area contributed by atoms with E-state index in [1.807, 2.05) is 37.3 Å². The van der Waals surface area contributed by atoms with Crippen LogP contribution in [0.1, 0.15) is 11.1 Å². The summed E-state index contributed by atoms with van der Waals surface area (Å²) in [5.41, 5.74) is 3.02. The van der Waals surface area contributed by atoms with Gasteiger partial charge >= 0.3 is 11.8 Å². The fourth-order valence-electron chi connectivity index (χ4n) is 2.92. The summed E-state index contributed by atoms with van der Waals surface area (Å²) in [6, 6.07) is 17.7. The smallest absolute Gasteiger partial charge is 0.313 e. The first-order chi connectivity index (χ1) is 12.1. The number of carbonyl (C=O) groups excluding carboxylic acids is 2. The Balaban J connectivity index is 1.49. The molecule has 3 rings (SSSR count). The molecule has 1 aliphatic rings. The van der Waals surface area contributed by atoms with Gasteiger partial charge in [0.25, 0.3) is 0 Å². The minimum Gasteiger partial charge on any atom is -0.332 e. The van der Waals surface area contributed by atoms with E-state index in [4.69, 9.17) is 0 Å². The summed E-state index contributed by atoms with van der Waals surface area (Å²) in [5.74, 6) is -1.03. The summed E-state index contributed by atoms with van der Waals surface area (Å²) >= 11 is 0. The summed E-state index contributed by atoms with van der Waals surface area (Å²) in [7, 11) is 0. The molecule has 25 heavy (non-hydrogen) atoms. The zero-order valence-electron chi connectivity index (χ0n) is 14.4. The first kappa shape index (κ1) is 17.2. The van der Waals surface area contributed by atoms with Gasteiger partial charge in [-0.15, -0.1) is 0 Å². The first-order valence-corrected chi connectivity index (χ1v) is 8.55. The molecule has 5 heteroatoms. The van der Waals surface area contributed by atoms with Crippen LogP contribution in [0.25, 0.3) is 0 Å². The zero-order valence-corrected chi connectivity index (χ0v) is 14.4. The lowest BCUT2D eigenvalue weighted by atomic mass is 10.2. The average Bonchev–Trinajstić information content (AvgIpc) is 2.64. The van der Waals surface area contributed by atoms with Crippen LogP contribution in [0.5, 0.6) is 0 Å². The van der Waals surface area contributed by atoms with Crippen molar-refractivity contribution in [2.24, 2.45) is 0 Å². The van der Waals surface area contributed by atoms with Crippen molar-refractivity contribution >= 4 is 17.5 Å².